The Balaban J connectivity index is 1.50. The van der Waals surface area contributed by atoms with E-state index in [1.54, 1.807) is 24.3 Å². The molecule has 1 aliphatic rings. The quantitative estimate of drug-likeness (QED) is 0.848. The van der Waals surface area contributed by atoms with E-state index < -0.39 is 0 Å². The molecule has 0 spiro atoms. The van der Waals surface area contributed by atoms with Crippen LogP contribution in [0.25, 0.3) is 6.08 Å². The number of nitrogens with one attached hydrogen (secondary N) is 1. The molecule has 0 radical (unpaired) electrons. The Morgan fingerprint density at radius 3 is 2.64 bits per heavy atom. The van der Waals surface area contributed by atoms with E-state index in [-0.39, 0.29) is 11.7 Å². The molecule has 130 valence electrons. The van der Waals surface area contributed by atoms with Gasteiger partial charge in [-0.3, -0.25) is 4.79 Å². The van der Waals surface area contributed by atoms with Crippen LogP contribution in [-0.2, 0) is 11.3 Å². The summed E-state index contributed by atoms with van der Waals surface area (Å²) in [6.07, 6.45) is 3.22. The summed E-state index contributed by atoms with van der Waals surface area (Å²) in [5, 5.41) is 0. The molecule has 1 N–H and O–H groups in total. The van der Waals surface area contributed by atoms with E-state index in [0.717, 1.165) is 32.7 Å². The van der Waals surface area contributed by atoms with Crippen LogP contribution in [0.4, 0.5) is 4.39 Å². The fourth-order valence-electron chi connectivity index (χ4n) is 3.21. The van der Waals surface area contributed by atoms with Crippen LogP contribution in [0.15, 0.2) is 54.6 Å². The van der Waals surface area contributed by atoms with E-state index in [9.17, 15) is 9.18 Å². The van der Waals surface area contributed by atoms with Gasteiger partial charge in [0, 0.05) is 11.6 Å². The third-order valence-electron chi connectivity index (χ3n) is 4.59. The van der Waals surface area contributed by atoms with Crippen molar-refractivity contribution in [2.75, 3.05) is 26.2 Å². The average molecular weight is 339 g/mol. The molecule has 0 bridgehead atoms. The highest BCUT2D eigenvalue weighted by molar-refractivity contribution is 5.91. The lowest BCUT2D eigenvalue weighted by atomic mass is 10.1. The van der Waals surface area contributed by atoms with Crippen LogP contribution < -0.4 is 4.90 Å². The Labute approximate surface area is 148 Å². The summed E-state index contributed by atoms with van der Waals surface area (Å²) >= 11 is 0. The van der Waals surface area contributed by atoms with Crippen LogP contribution in [0, 0.1) is 12.7 Å². The van der Waals surface area contributed by atoms with Gasteiger partial charge in [-0.05, 0) is 30.7 Å². The van der Waals surface area contributed by atoms with Gasteiger partial charge < -0.3 is 9.80 Å². The van der Waals surface area contributed by atoms with Crippen molar-refractivity contribution in [3.8, 4) is 0 Å². The van der Waals surface area contributed by atoms with Gasteiger partial charge in [0.25, 0.3) is 0 Å². The number of rotatable bonds is 4. The van der Waals surface area contributed by atoms with Gasteiger partial charge in [0.2, 0.25) is 5.91 Å². The number of carbonyl (C=O) groups excluding carboxylic acids is 1. The fourth-order valence-corrected chi connectivity index (χ4v) is 3.21. The molecule has 4 heteroatoms. The second kappa shape index (κ2) is 8.08. The molecule has 1 heterocycles. The number of aryl methyl sites for hydroxylation is 1. The predicted octanol–water partition coefficient (Wildman–Crippen LogP) is 2.07. The Morgan fingerprint density at radius 1 is 1.16 bits per heavy atom. The number of benzene rings is 2. The first kappa shape index (κ1) is 17.4. The summed E-state index contributed by atoms with van der Waals surface area (Å²) in [6.45, 7) is 6.53. The number of piperazine rings is 1. The molecule has 25 heavy (non-hydrogen) atoms. The van der Waals surface area contributed by atoms with Crippen LogP contribution in [-0.4, -0.2) is 37.0 Å². The molecule has 1 aliphatic heterocycles. The van der Waals surface area contributed by atoms with E-state index in [2.05, 4.69) is 31.2 Å². The third kappa shape index (κ3) is 5.00. The first-order valence-electron chi connectivity index (χ1n) is 8.72. The molecule has 1 amide bonds. The van der Waals surface area contributed by atoms with Crippen molar-refractivity contribution in [3.05, 3.63) is 77.1 Å². The van der Waals surface area contributed by atoms with Gasteiger partial charge in [-0.15, -0.1) is 0 Å². The standard InChI is InChI=1S/C21H23FN2O/c1-17-4-2-6-19(14-17)16-23-10-12-24(13-11-23)21(25)9-8-18-5-3-7-20(22)15-18/h2-9,14-15H,10-13,16H2,1H3/p+1/b9-8+. The monoisotopic (exact) mass is 339 g/mol. The van der Waals surface area contributed by atoms with Crippen molar-refractivity contribution in [3.63, 3.8) is 0 Å². The molecule has 2 aromatic carbocycles. The SMILES string of the molecule is Cc1cccc(C[NH+]2CCN(C(=O)/C=C/c3cccc(F)c3)CC2)c1. The number of quaternary nitrogens is 1. The number of carbonyl (C=O) groups is 1. The molecule has 1 fully saturated rings. The molecule has 0 aliphatic carbocycles. The normalized spacial score (nSPS) is 15.7. The summed E-state index contributed by atoms with van der Waals surface area (Å²) in [5.74, 6) is -0.290. The van der Waals surface area contributed by atoms with E-state index in [4.69, 9.17) is 0 Å². The lowest BCUT2D eigenvalue weighted by Crippen LogP contribution is -3.13. The Bertz CT molecular complexity index is 764. The van der Waals surface area contributed by atoms with Crippen LogP contribution in [0.5, 0.6) is 0 Å². The number of hydrogen-bond acceptors (Lipinski definition) is 1. The van der Waals surface area contributed by atoms with Crippen molar-refractivity contribution in [1.29, 1.82) is 0 Å². The molecule has 3 rings (SSSR count). The van der Waals surface area contributed by atoms with Crippen LogP contribution in [0.1, 0.15) is 16.7 Å². The van der Waals surface area contributed by atoms with Crippen molar-refractivity contribution >= 4 is 12.0 Å². The minimum atomic E-state index is -0.289. The second-order valence-electron chi connectivity index (χ2n) is 6.63. The van der Waals surface area contributed by atoms with Gasteiger partial charge in [-0.2, -0.15) is 0 Å². The summed E-state index contributed by atoms with van der Waals surface area (Å²) in [4.78, 5) is 15.7. The van der Waals surface area contributed by atoms with Gasteiger partial charge in [0.05, 0.1) is 26.2 Å². The Kier molecular flexibility index (Phi) is 5.61. The number of halogens is 1. The molecular weight excluding hydrogens is 315 g/mol. The van der Waals surface area contributed by atoms with E-state index in [1.165, 1.54) is 28.2 Å². The first-order chi connectivity index (χ1) is 12.1. The Hall–Kier alpha value is -2.46. The molecule has 0 atom stereocenters. The highest BCUT2D eigenvalue weighted by Gasteiger charge is 2.22. The van der Waals surface area contributed by atoms with Gasteiger partial charge in [-0.1, -0.05) is 42.0 Å². The maximum absolute atomic E-state index is 13.2. The summed E-state index contributed by atoms with van der Waals surface area (Å²) in [5.41, 5.74) is 3.34. The lowest BCUT2D eigenvalue weighted by molar-refractivity contribution is -0.917. The molecule has 2 aromatic rings. The van der Waals surface area contributed by atoms with Gasteiger partial charge in [0.1, 0.15) is 12.4 Å². The molecular formula is C21H24FN2O+. The van der Waals surface area contributed by atoms with Gasteiger partial charge in [0.15, 0.2) is 0 Å². The second-order valence-corrected chi connectivity index (χ2v) is 6.63. The molecule has 0 aromatic heterocycles. The molecule has 1 saturated heterocycles. The van der Waals surface area contributed by atoms with Crippen LogP contribution in [0.2, 0.25) is 0 Å². The topological polar surface area (TPSA) is 24.8 Å². The minimum absolute atomic E-state index is 0.00105. The zero-order valence-corrected chi connectivity index (χ0v) is 14.5. The largest absolute Gasteiger partial charge is 0.328 e. The zero-order chi connectivity index (χ0) is 17.6. The third-order valence-corrected chi connectivity index (χ3v) is 4.59. The summed E-state index contributed by atoms with van der Waals surface area (Å²) in [7, 11) is 0. The van der Waals surface area contributed by atoms with Crippen molar-refractivity contribution in [1.82, 2.24) is 4.90 Å². The van der Waals surface area contributed by atoms with E-state index in [1.807, 2.05) is 4.90 Å². The number of nitrogens with zero attached hydrogens (tertiary/aromatic N) is 1. The Morgan fingerprint density at radius 2 is 1.92 bits per heavy atom. The van der Waals surface area contributed by atoms with Crippen LogP contribution in [0.3, 0.4) is 0 Å². The highest BCUT2D eigenvalue weighted by atomic mass is 19.1. The molecule has 3 nitrogen and oxygen atoms in total. The average Bonchev–Trinajstić information content (AvgIpc) is 2.60. The van der Waals surface area contributed by atoms with Crippen LogP contribution >= 0.6 is 0 Å². The minimum Gasteiger partial charge on any atom is -0.328 e. The molecule has 0 unspecified atom stereocenters. The number of amides is 1. The molecule has 0 saturated carbocycles. The summed E-state index contributed by atoms with van der Waals surface area (Å²) in [6, 6.07) is 14.9. The fraction of sp³-hybridized carbons (Fsp3) is 0.286. The van der Waals surface area contributed by atoms with Crippen molar-refractivity contribution in [2.45, 2.75) is 13.5 Å². The van der Waals surface area contributed by atoms with Crippen molar-refractivity contribution in [2.24, 2.45) is 0 Å². The highest BCUT2D eigenvalue weighted by Crippen LogP contribution is 2.06. The van der Waals surface area contributed by atoms with Gasteiger partial charge >= 0.3 is 0 Å². The van der Waals surface area contributed by atoms with E-state index in [0.29, 0.717) is 5.56 Å². The first-order valence-corrected chi connectivity index (χ1v) is 8.72. The number of hydrogen-bond donors (Lipinski definition) is 1. The predicted molar refractivity (Wildman–Crippen MR) is 97.6 cm³/mol. The van der Waals surface area contributed by atoms with Crippen molar-refractivity contribution < 1.29 is 14.1 Å². The summed E-state index contributed by atoms with van der Waals surface area (Å²) < 4.78 is 13.2. The maximum atomic E-state index is 13.2. The maximum Gasteiger partial charge on any atom is 0.246 e. The van der Waals surface area contributed by atoms with Gasteiger partial charge in [-0.25, -0.2) is 4.39 Å². The smallest absolute Gasteiger partial charge is 0.246 e. The van der Waals surface area contributed by atoms with E-state index >= 15 is 0 Å². The zero-order valence-electron chi connectivity index (χ0n) is 14.5. The lowest BCUT2D eigenvalue weighted by Gasteiger charge is -2.31.